The molecule has 1 aliphatic rings. The highest BCUT2D eigenvalue weighted by Crippen LogP contribution is 2.32. The summed E-state index contributed by atoms with van der Waals surface area (Å²) in [6.45, 7) is 1.98. The van der Waals surface area contributed by atoms with E-state index >= 15 is 0 Å². The third kappa shape index (κ3) is 3.19. The van der Waals surface area contributed by atoms with Crippen molar-refractivity contribution >= 4 is 34.0 Å². The Kier molecular flexibility index (Phi) is 3.76. The number of carbonyl (C=O) groups is 1. The van der Waals surface area contributed by atoms with Crippen LogP contribution in [0.2, 0.25) is 5.02 Å². The number of aryl methyl sites for hydroxylation is 1. The van der Waals surface area contributed by atoms with E-state index in [9.17, 15) is 4.79 Å². The van der Waals surface area contributed by atoms with Crippen LogP contribution in [-0.4, -0.2) is 10.9 Å². The maximum absolute atomic E-state index is 11.7. The number of rotatable bonds is 4. The molecule has 20 heavy (non-hydrogen) atoms. The summed E-state index contributed by atoms with van der Waals surface area (Å²) < 4.78 is 0. The summed E-state index contributed by atoms with van der Waals surface area (Å²) in [5.41, 5.74) is 2.13. The monoisotopic (exact) mass is 306 g/mol. The summed E-state index contributed by atoms with van der Waals surface area (Å²) in [6.07, 6.45) is 2.81. The minimum atomic E-state index is 0.105. The van der Waals surface area contributed by atoms with Crippen LogP contribution >= 0.6 is 22.9 Å². The molecule has 0 aliphatic heterocycles. The average Bonchev–Trinajstić information content (AvgIpc) is 3.17. The molecule has 1 fully saturated rings. The van der Waals surface area contributed by atoms with Crippen LogP contribution in [-0.2, 0) is 11.2 Å². The maximum atomic E-state index is 11.7. The van der Waals surface area contributed by atoms with Crippen LogP contribution in [0, 0.1) is 12.8 Å². The molecule has 2 aromatic rings. The fraction of sp³-hybridized carbons (Fsp3) is 0.333. The quantitative estimate of drug-likeness (QED) is 0.926. The number of halogens is 1. The normalized spacial score (nSPS) is 14.3. The minimum absolute atomic E-state index is 0.105. The summed E-state index contributed by atoms with van der Waals surface area (Å²) >= 11 is 7.55. The van der Waals surface area contributed by atoms with Gasteiger partial charge >= 0.3 is 0 Å². The molecule has 1 heterocycles. The molecule has 104 valence electrons. The Hall–Kier alpha value is -1.39. The zero-order valence-electron chi connectivity index (χ0n) is 11.1. The van der Waals surface area contributed by atoms with E-state index in [1.165, 1.54) is 4.88 Å². The largest absolute Gasteiger partial charge is 0.302 e. The molecule has 0 saturated heterocycles. The first-order chi connectivity index (χ1) is 9.61. The molecule has 1 N–H and O–H groups in total. The van der Waals surface area contributed by atoms with E-state index in [4.69, 9.17) is 11.6 Å². The van der Waals surface area contributed by atoms with Gasteiger partial charge in [-0.05, 0) is 37.5 Å². The summed E-state index contributed by atoms with van der Waals surface area (Å²) in [7, 11) is 0. The van der Waals surface area contributed by atoms with Gasteiger partial charge in [0.05, 0.1) is 5.69 Å². The van der Waals surface area contributed by atoms with E-state index in [0.717, 1.165) is 35.5 Å². The molecule has 1 aliphatic carbocycles. The predicted molar refractivity (Wildman–Crippen MR) is 82.5 cm³/mol. The number of aromatic nitrogens is 1. The van der Waals surface area contributed by atoms with Crippen molar-refractivity contribution in [3.63, 3.8) is 0 Å². The maximum Gasteiger partial charge on any atom is 0.229 e. The Labute approximate surface area is 127 Å². The van der Waals surface area contributed by atoms with Crippen molar-refractivity contribution in [1.29, 1.82) is 0 Å². The van der Waals surface area contributed by atoms with Gasteiger partial charge in [-0.1, -0.05) is 23.7 Å². The van der Waals surface area contributed by atoms with Gasteiger partial charge in [0, 0.05) is 22.2 Å². The van der Waals surface area contributed by atoms with Gasteiger partial charge in [0.2, 0.25) is 5.91 Å². The first-order valence-corrected chi connectivity index (χ1v) is 7.83. The Morgan fingerprint density at radius 2 is 2.30 bits per heavy atom. The summed E-state index contributed by atoms with van der Waals surface area (Å²) in [6, 6.07) is 7.83. The molecule has 1 aromatic carbocycles. The smallest absolute Gasteiger partial charge is 0.229 e. The number of nitrogens with zero attached hydrogens (tertiary/aromatic N) is 1. The third-order valence-electron chi connectivity index (χ3n) is 3.32. The van der Waals surface area contributed by atoms with Gasteiger partial charge in [-0.25, -0.2) is 4.98 Å². The number of thiazole rings is 1. The molecule has 0 spiro atoms. The van der Waals surface area contributed by atoms with Gasteiger partial charge in [-0.2, -0.15) is 0 Å². The molecular weight excluding hydrogens is 292 g/mol. The Morgan fingerprint density at radius 3 is 3.00 bits per heavy atom. The first kappa shape index (κ1) is 13.6. The van der Waals surface area contributed by atoms with Crippen LogP contribution in [0.3, 0.4) is 0 Å². The highest BCUT2D eigenvalue weighted by atomic mass is 35.5. The van der Waals surface area contributed by atoms with Crippen LogP contribution in [0.4, 0.5) is 5.13 Å². The van der Waals surface area contributed by atoms with Crippen molar-refractivity contribution in [2.24, 2.45) is 5.92 Å². The minimum Gasteiger partial charge on any atom is -0.302 e. The summed E-state index contributed by atoms with van der Waals surface area (Å²) in [4.78, 5) is 17.3. The average molecular weight is 307 g/mol. The van der Waals surface area contributed by atoms with Crippen LogP contribution in [0.5, 0.6) is 0 Å². The van der Waals surface area contributed by atoms with Crippen molar-refractivity contribution in [3.05, 3.63) is 45.4 Å². The Balaban J connectivity index is 1.73. The topological polar surface area (TPSA) is 42.0 Å². The molecule has 3 rings (SSSR count). The molecular formula is C15H15ClN2OS. The zero-order valence-corrected chi connectivity index (χ0v) is 12.7. The number of anilines is 1. The Bertz CT molecular complexity index is 649. The second-order valence-corrected chi connectivity index (χ2v) is 6.62. The molecule has 1 aromatic heterocycles. The number of benzene rings is 1. The van der Waals surface area contributed by atoms with Gasteiger partial charge < -0.3 is 5.32 Å². The number of hydrogen-bond donors (Lipinski definition) is 1. The lowest BCUT2D eigenvalue weighted by Gasteiger charge is -2.00. The number of nitrogens with one attached hydrogen (secondary N) is 1. The standard InChI is InChI=1S/C15H15ClN2OS/c1-9-13(8-10-3-2-4-12(16)7-10)20-15(17-9)18-14(19)11-5-6-11/h2-4,7,11H,5-6,8H2,1H3,(H,17,18,19). The van der Waals surface area contributed by atoms with Gasteiger partial charge in [0.1, 0.15) is 0 Å². The van der Waals surface area contributed by atoms with Crippen molar-refractivity contribution < 1.29 is 4.79 Å². The van der Waals surface area contributed by atoms with Crippen LogP contribution < -0.4 is 5.32 Å². The number of hydrogen-bond acceptors (Lipinski definition) is 3. The number of carbonyl (C=O) groups excluding carboxylic acids is 1. The van der Waals surface area contributed by atoms with Crippen LogP contribution in [0.15, 0.2) is 24.3 Å². The van der Waals surface area contributed by atoms with Gasteiger partial charge in [-0.15, -0.1) is 11.3 Å². The van der Waals surface area contributed by atoms with Gasteiger partial charge in [-0.3, -0.25) is 4.79 Å². The molecule has 0 atom stereocenters. The van der Waals surface area contributed by atoms with Gasteiger partial charge in [0.25, 0.3) is 0 Å². The Morgan fingerprint density at radius 1 is 1.50 bits per heavy atom. The molecule has 3 nitrogen and oxygen atoms in total. The van der Waals surface area contributed by atoms with E-state index < -0.39 is 0 Å². The van der Waals surface area contributed by atoms with E-state index in [-0.39, 0.29) is 11.8 Å². The molecule has 1 amide bonds. The second-order valence-electron chi connectivity index (χ2n) is 5.10. The van der Waals surface area contributed by atoms with Crippen LogP contribution in [0.25, 0.3) is 0 Å². The molecule has 0 radical (unpaired) electrons. The summed E-state index contributed by atoms with van der Waals surface area (Å²) in [5.74, 6) is 0.309. The predicted octanol–water partition coefficient (Wildman–Crippen LogP) is 4.04. The number of amides is 1. The highest BCUT2D eigenvalue weighted by Gasteiger charge is 2.30. The van der Waals surface area contributed by atoms with Crippen molar-refractivity contribution in [1.82, 2.24) is 4.98 Å². The van der Waals surface area contributed by atoms with E-state index in [1.807, 2.05) is 31.2 Å². The van der Waals surface area contributed by atoms with E-state index in [1.54, 1.807) is 11.3 Å². The highest BCUT2D eigenvalue weighted by molar-refractivity contribution is 7.15. The van der Waals surface area contributed by atoms with E-state index in [0.29, 0.717) is 5.13 Å². The SMILES string of the molecule is Cc1nc(NC(=O)C2CC2)sc1Cc1cccc(Cl)c1. The van der Waals surface area contributed by atoms with E-state index in [2.05, 4.69) is 10.3 Å². The lowest BCUT2D eigenvalue weighted by Crippen LogP contribution is -2.12. The molecule has 0 unspecified atom stereocenters. The summed E-state index contributed by atoms with van der Waals surface area (Å²) in [5, 5.41) is 4.35. The lowest BCUT2D eigenvalue weighted by molar-refractivity contribution is -0.117. The van der Waals surface area contributed by atoms with Crippen molar-refractivity contribution in [2.75, 3.05) is 5.32 Å². The van der Waals surface area contributed by atoms with Crippen molar-refractivity contribution in [2.45, 2.75) is 26.2 Å². The molecule has 1 saturated carbocycles. The molecule has 5 heteroatoms. The second kappa shape index (κ2) is 5.54. The lowest BCUT2D eigenvalue weighted by atomic mass is 10.1. The molecule has 0 bridgehead atoms. The third-order valence-corrected chi connectivity index (χ3v) is 4.63. The van der Waals surface area contributed by atoms with Crippen molar-refractivity contribution in [3.8, 4) is 0 Å². The fourth-order valence-corrected chi connectivity index (χ4v) is 3.24. The van der Waals surface area contributed by atoms with Gasteiger partial charge in [0.15, 0.2) is 5.13 Å². The fourth-order valence-electron chi connectivity index (χ4n) is 2.03. The zero-order chi connectivity index (χ0) is 14.1. The van der Waals surface area contributed by atoms with Crippen LogP contribution in [0.1, 0.15) is 29.0 Å². The first-order valence-electron chi connectivity index (χ1n) is 6.63.